The summed E-state index contributed by atoms with van der Waals surface area (Å²) in [5.74, 6) is 0.362. The lowest BCUT2D eigenvalue weighted by Gasteiger charge is -2.37. The molecule has 4 heterocycles. The molecule has 1 unspecified atom stereocenters. The number of carbonyl (C=O) groups is 2. The minimum absolute atomic E-state index is 0.170. The van der Waals surface area contributed by atoms with Gasteiger partial charge in [0.05, 0.1) is 42.6 Å². The van der Waals surface area contributed by atoms with E-state index in [-0.39, 0.29) is 17.9 Å². The summed E-state index contributed by atoms with van der Waals surface area (Å²) in [6.07, 6.45) is 2.16. The predicted molar refractivity (Wildman–Crippen MR) is 124 cm³/mol. The summed E-state index contributed by atoms with van der Waals surface area (Å²) in [5.41, 5.74) is 1.05. The zero-order valence-electron chi connectivity index (χ0n) is 18.4. The normalized spacial score (nSPS) is 23.2. The highest BCUT2D eigenvalue weighted by atomic mass is 32.1. The Morgan fingerprint density at radius 2 is 1.66 bits per heavy atom. The van der Waals surface area contributed by atoms with Crippen LogP contribution in [0.1, 0.15) is 23.9 Å². The number of thiazole rings is 1. The molecule has 3 saturated heterocycles. The third-order valence-corrected chi connectivity index (χ3v) is 7.88. The van der Waals surface area contributed by atoms with Gasteiger partial charge in [0.1, 0.15) is 5.01 Å². The smallest absolute Gasteiger partial charge is 0.236 e. The number of para-hydroxylation sites is 1. The molecule has 0 bridgehead atoms. The number of piperazine rings is 1. The van der Waals surface area contributed by atoms with Crippen LogP contribution in [0.2, 0.25) is 0 Å². The Bertz CT molecular complexity index is 919. The van der Waals surface area contributed by atoms with Gasteiger partial charge in [0.2, 0.25) is 11.8 Å². The molecule has 5 rings (SSSR count). The van der Waals surface area contributed by atoms with E-state index in [2.05, 4.69) is 21.9 Å². The molecule has 1 aromatic carbocycles. The molecule has 9 heteroatoms. The van der Waals surface area contributed by atoms with Crippen molar-refractivity contribution in [2.75, 3.05) is 72.1 Å². The largest absolute Gasteiger partial charge is 0.378 e. The summed E-state index contributed by atoms with van der Waals surface area (Å²) in [6, 6.07) is 8.49. The van der Waals surface area contributed by atoms with E-state index in [0.717, 1.165) is 43.0 Å². The number of nitrogens with zero attached hydrogens (tertiary/aromatic N) is 5. The molecule has 2 amide bonds. The van der Waals surface area contributed by atoms with E-state index in [1.54, 1.807) is 11.3 Å². The molecule has 3 aliphatic rings. The van der Waals surface area contributed by atoms with Crippen LogP contribution < -0.4 is 0 Å². The standard InChI is InChI=1S/C23H31N5O3S/c29-21(27-12-14-31-15-13-27)16-25-8-10-26(11-9-25)22(30)17-28-7-3-5-19(28)23-24-18-4-1-2-6-20(18)32-23/h1-2,4,6,19H,3,5,7-17H2. The molecule has 3 aliphatic heterocycles. The molecule has 1 atom stereocenters. The van der Waals surface area contributed by atoms with Gasteiger partial charge in [0.15, 0.2) is 0 Å². The monoisotopic (exact) mass is 457 g/mol. The van der Waals surface area contributed by atoms with Crippen molar-refractivity contribution in [2.24, 2.45) is 0 Å². The fourth-order valence-electron chi connectivity index (χ4n) is 4.86. The summed E-state index contributed by atoms with van der Waals surface area (Å²) in [4.78, 5) is 38.7. The fourth-order valence-corrected chi connectivity index (χ4v) is 6.00. The number of fused-ring (bicyclic) bond motifs is 1. The lowest BCUT2D eigenvalue weighted by Crippen LogP contribution is -2.54. The molecular formula is C23H31N5O3S. The van der Waals surface area contributed by atoms with Crippen LogP contribution in [0.4, 0.5) is 0 Å². The molecule has 2 aromatic rings. The highest BCUT2D eigenvalue weighted by Crippen LogP contribution is 2.36. The maximum atomic E-state index is 13.0. The zero-order chi connectivity index (χ0) is 21.9. The summed E-state index contributed by atoms with van der Waals surface area (Å²) in [7, 11) is 0. The van der Waals surface area contributed by atoms with Gasteiger partial charge in [-0.3, -0.25) is 19.4 Å². The number of rotatable bonds is 5. The highest BCUT2D eigenvalue weighted by molar-refractivity contribution is 7.18. The van der Waals surface area contributed by atoms with Gasteiger partial charge in [0.25, 0.3) is 0 Å². The predicted octanol–water partition coefficient (Wildman–Crippen LogP) is 1.44. The van der Waals surface area contributed by atoms with Crippen LogP contribution in [0.25, 0.3) is 10.2 Å². The number of aromatic nitrogens is 1. The molecule has 3 fully saturated rings. The zero-order valence-corrected chi connectivity index (χ0v) is 19.3. The maximum Gasteiger partial charge on any atom is 0.236 e. The summed E-state index contributed by atoms with van der Waals surface area (Å²) in [5, 5.41) is 1.13. The first-order chi connectivity index (χ1) is 15.7. The number of ether oxygens (including phenoxy) is 1. The van der Waals surface area contributed by atoms with Gasteiger partial charge in [0, 0.05) is 39.3 Å². The molecule has 0 radical (unpaired) electrons. The third kappa shape index (κ3) is 4.80. The van der Waals surface area contributed by atoms with E-state index in [4.69, 9.17) is 9.72 Å². The van der Waals surface area contributed by atoms with Crippen molar-refractivity contribution < 1.29 is 14.3 Å². The Hall–Kier alpha value is -2.07. The first kappa shape index (κ1) is 21.8. The van der Waals surface area contributed by atoms with Gasteiger partial charge < -0.3 is 14.5 Å². The van der Waals surface area contributed by atoms with Crippen LogP contribution in [0, 0.1) is 0 Å². The molecule has 0 spiro atoms. The molecular weight excluding hydrogens is 426 g/mol. The van der Waals surface area contributed by atoms with E-state index in [1.165, 1.54) is 4.70 Å². The van der Waals surface area contributed by atoms with Crippen molar-refractivity contribution in [3.05, 3.63) is 29.3 Å². The Morgan fingerprint density at radius 1 is 0.938 bits per heavy atom. The average molecular weight is 458 g/mol. The van der Waals surface area contributed by atoms with Crippen LogP contribution in [-0.4, -0.2) is 109 Å². The van der Waals surface area contributed by atoms with Gasteiger partial charge in [-0.15, -0.1) is 11.3 Å². The summed E-state index contributed by atoms with van der Waals surface area (Å²) >= 11 is 1.75. The van der Waals surface area contributed by atoms with Crippen LogP contribution >= 0.6 is 11.3 Å². The summed E-state index contributed by atoms with van der Waals surface area (Å²) < 4.78 is 6.54. The van der Waals surface area contributed by atoms with Gasteiger partial charge in [-0.05, 0) is 31.5 Å². The number of benzene rings is 1. The van der Waals surface area contributed by atoms with Crippen molar-refractivity contribution in [2.45, 2.75) is 18.9 Å². The number of likely N-dealkylation sites (tertiary alicyclic amines) is 1. The van der Waals surface area contributed by atoms with Crippen LogP contribution in [-0.2, 0) is 14.3 Å². The topological polar surface area (TPSA) is 69.2 Å². The van der Waals surface area contributed by atoms with Crippen molar-refractivity contribution in [3.63, 3.8) is 0 Å². The lowest BCUT2D eigenvalue weighted by atomic mass is 10.2. The van der Waals surface area contributed by atoms with Crippen LogP contribution in [0.5, 0.6) is 0 Å². The molecule has 8 nitrogen and oxygen atoms in total. The maximum absolute atomic E-state index is 13.0. The minimum atomic E-state index is 0.170. The Labute approximate surface area is 192 Å². The number of carbonyl (C=O) groups excluding carboxylic acids is 2. The molecule has 0 N–H and O–H groups in total. The molecule has 0 saturated carbocycles. The first-order valence-electron chi connectivity index (χ1n) is 11.6. The average Bonchev–Trinajstić information content (AvgIpc) is 3.46. The van der Waals surface area contributed by atoms with Gasteiger partial charge in [-0.2, -0.15) is 0 Å². The second-order valence-electron chi connectivity index (χ2n) is 8.80. The highest BCUT2D eigenvalue weighted by Gasteiger charge is 2.32. The van der Waals surface area contributed by atoms with Crippen molar-refractivity contribution in [1.29, 1.82) is 0 Å². The van der Waals surface area contributed by atoms with Gasteiger partial charge in [-0.1, -0.05) is 12.1 Å². The van der Waals surface area contributed by atoms with Gasteiger partial charge in [-0.25, -0.2) is 4.98 Å². The number of hydrogen-bond donors (Lipinski definition) is 0. The van der Waals surface area contributed by atoms with Crippen molar-refractivity contribution in [1.82, 2.24) is 24.6 Å². The number of amides is 2. The minimum Gasteiger partial charge on any atom is -0.378 e. The number of morpholine rings is 1. The summed E-state index contributed by atoms with van der Waals surface area (Å²) in [6.45, 7) is 7.34. The van der Waals surface area contributed by atoms with Crippen LogP contribution in [0.3, 0.4) is 0 Å². The second kappa shape index (κ2) is 9.82. The van der Waals surface area contributed by atoms with Crippen molar-refractivity contribution in [3.8, 4) is 0 Å². The van der Waals surface area contributed by atoms with Gasteiger partial charge >= 0.3 is 0 Å². The van der Waals surface area contributed by atoms with Crippen LogP contribution in [0.15, 0.2) is 24.3 Å². The molecule has 32 heavy (non-hydrogen) atoms. The van der Waals surface area contributed by atoms with E-state index < -0.39 is 0 Å². The number of hydrogen-bond acceptors (Lipinski definition) is 7. The molecule has 172 valence electrons. The Morgan fingerprint density at radius 3 is 2.44 bits per heavy atom. The van der Waals surface area contributed by atoms with E-state index in [9.17, 15) is 9.59 Å². The Balaban J connectivity index is 1.12. The van der Waals surface area contributed by atoms with E-state index >= 15 is 0 Å². The van der Waals surface area contributed by atoms with Crippen molar-refractivity contribution >= 4 is 33.4 Å². The second-order valence-corrected chi connectivity index (χ2v) is 9.86. The lowest BCUT2D eigenvalue weighted by molar-refractivity contribution is -0.138. The molecule has 1 aromatic heterocycles. The fraction of sp³-hybridized carbons (Fsp3) is 0.609. The quantitative estimate of drug-likeness (QED) is 0.677. The Kier molecular flexibility index (Phi) is 6.68. The van der Waals surface area contributed by atoms with E-state index in [0.29, 0.717) is 52.5 Å². The SMILES string of the molecule is O=C(CN1CCN(C(=O)CN2CCCC2c2nc3ccccc3s2)CC1)N1CCOCC1. The molecule has 0 aliphatic carbocycles. The first-order valence-corrected chi connectivity index (χ1v) is 12.4. The van der Waals surface area contributed by atoms with E-state index in [1.807, 2.05) is 21.9 Å². The third-order valence-electron chi connectivity index (χ3n) is 6.75.